The summed E-state index contributed by atoms with van der Waals surface area (Å²) in [6, 6.07) is 5.53. The molecule has 0 bridgehead atoms. The van der Waals surface area contributed by atoms with E-state index in [2.05, 4.69) is 9.97 Å². The van der Waals surface area contributed by atoms with Crippen LogP contribution in [0.1, 0.15) is 11.4 Å². The Labute approximate surface area is 80.8 Å². The lowest BCUT2D eigenvalue weighted by Gasteiger charge is -2.02. The molecule has 0 spiro atoms. The summed E-state index contributed by atoms with van der Waals surface area (Å²) in [7, 11) is 0. The fraction of sp³-hybridized carbons (Fsp3) is 0.200. The van der Waals surface area contributed by atoms with Crippen molar-refractivity contribution in [2.75, 3.05) is 0 Å². The van der Waals surface area contributed by atoms with E-state index in [4.69, 9.17) is 5.73 Å². The molecule has 0 saturated carbocycles. The number of aromatic nitrogens is 2. The van der Waals surface area contributed by atoms with Crippen molar-refractivity contribution in [1.82, 2.24) is 9.97 Å². The van der Waals surface area contributed by atoms with Gasteiger partial charge < -0.3 is 10.7 Å². The summed E-state index contributed by atoms with van der Waals surface area (Å²) < 4.78 is 0. The third-order valence-corrected chi connectivity index (χ3v) is 2.18. The highest BCUT2D eigenvalue weighted by Crippen LogP contribution is 2.11. The van der Waals surface area contributed by atoms with Crippen LogP contribution in [0, 0.1) is 6.92 Å². The minimum absolute atomic E-state index is 0.126. The van der Waals surface area contributed by atoms with Crippen LogP contribution >= 0.6 is 0 Å². The molecule has 4 nitrogen and oxygen atoms in total. The highest BCUT2D eigenvalue weighted by atomic mass is 16.1. The van der Waals surface area contributed by atoms with Gasteiger partial charge in [-0.05, 0) is 18.6 Å². The van der Waals surface area contributed by atoms with E-state index in [9.17, 15) is 4.79 Å². The summed E-state index contributed by atoms with van der Waals surface area (Å²) in [6.07, 6.45) is 0. The predicted molar refractivity (Wildman–Crippen MR) is 55.0 cm³/mol. The van der Waals surface area contributed by atoms with Gasteiger partial charge in [0.2, 0.25) is 0 Å². The molecule has 0 amide bonds. The number of nitrogens with zero attached hydrogens (tertiary/aromatic N) is 1. The first-order chi connectivity index (χ1) is 6.72. The number of para-hydroxylation sites is 1. The van der Waals surface area contributed by atoms with Crippen LogP contribution in [0.25, 0.3) is 10.9 Å². The van der Waals surface area contributed by atoms with Crippen molar-refractivity contribution in [3.05, 3.63) is 39.9 Å². The SMILES string of the molecule is Cc1cccc2c(=O)[nH]c(CN)nc12. The molecule has 1 aromatic carbocycles. The lowest BCUT2D eigenvalue weighted by Crippen LogP contribution is -2.14. The van der Waals surface area contributed by atoms with Crippen molar-refractivity contribution in [2.24, 2.45) is 5.73 Å². The number of nitrogens with two attached hydrogens (primary N) is 1. The fourth-order valence-corrected chi connectivity index (χ4v) is 1.45. The summed E-state index contributed by atoms with van der Waals surface area (Å²) in [5.74, 6) is 0.525. The molecule has 0 aliphatic heterocycles. The van der Waals surface area contributed by atoms with Crippen LogP contribution in [0.4, 0.5) is 0 Å². The van der Waals surface area contributed by atoms with Crippen molar-refractivity contribution < 1.29 is 0 Å². The van der Waals surface area contributed by atoms with Crippen LogP contribution in [0.3, 0.4) is 0 Å². The van der Waals surface area contributed by atoms with Crippen LogP contribution in [0.2, 0.25) is 0 Å². The van der Waals surface area contributed by atoms with Gasteiger partial charge in [0.15, 0.2) is 0 Å². The van der Waals surface area contributed by atoms with Gasteiger partial charge in [-0.3, -0.25) is 4.79 Å². The molecule has 0 fully saturated rings. The number of nitrogens with one attached hydrogen (secondary N) is 1. The lowest BCUT2D eigenvalue weighted by atomic mass is 10.1. The van der Waals surface area contributed by atoms with Crippen molar-refractivity contribution >= 4 is 10.9 Å². The summed E-state index contributed by atoms with van der Waals surface area (Å²) in [6.45, 7) is 2.18. The molecule has 0 aliphatic rings. The standard InChI is InChI=1S/C10H11N3O/c1-6-3-2-4-7-9(6)12-8(5-11)13-10(7)14/h2-4H,5,11H2,1H3,(H,12,13,14). The number of H-pyrrole nitrogens is 1. The van der Waals surface area contributed by atoms with E-state index >= 15 is 0 Å². The first-order valence-corrected chi connectivity index (χ1v) is 4.41. The summed E-state index contributed by atoms with van der Waals surface area (Å²) >= 11 is 0. The second-order valence-electron chi connectivity index (χ2n) is 3.19. The van der Waals surface area contributed by atoms with Gasteiger partial charge in [-0.25, -0.2) is 4.98 Å². The molecule has 0 radical (unpaired) electrons. The Morgan fingerprint density at radius 2 is 2.29 bits per heavy atom. The number of rotatable bonds is 1. The largest absolute Gasteiger partial charge is 0.324 e. The zero-order valence-electron chi connectivity index (χ0n) is 7.87. The van der Waals surface area contributed by atoms with E-state index in [0.29, 0.717) is 11.2 Å². The molecular weight excluding hydrogens is 178 g/mol. The van der Waals surface area contributed by atoms with E-state index in [1.807, 2.05) is 19.1 Å². The maximum atomic E-state index is 11.6. The minimum atomic E-state index is -0.126. The number of hydrogen-bond donors (Lipinski definition) is 2. The average Bonchev–Trinajstić information content (AvgIpc) is 2.19. The molecule has 1 aromatic heterocycles. The number of fused-ring (bicyclic) bond motifs is 1. The normalized spacial score (nSPS) is 10.7. The van der Waals surface area contributed by atoms with Gasteiger partial charge >= 0.3 is 0 Å². The zero-order valence-corrected chi connectivity index (χ0v) is 7.87. The van der Waals surface area contributed by atoms with Crippen LogP contribution in [0.15, 0.2) is 23.0 Å². The van der Waals surface area contributed by atoms with Crippen molar-refractivity contribution in [3.63, 3.8) is 0 Å². The maximum Gasteiger partial charge on any atom is 0.258 e. The minimum Gasteiger partial charge on any atom is -0.324 e. The Morgan fingerprint density at radius 1 is 1.50 bits per heavy atom. The number of aryl methyl sites for hydroxylation is 1. The molecule has 3 N–H and O–H groups in total. The number of hydrogen-bond acceptors (Lipinski definition) is 3. The van der Waals surface area contributed by atoms with Crippen molar-refractivity contribution in [3.8, 4) is 0 Å². The smallest absolute Gasteiger partial charge is 0.258 e. The Morgan fingerprint density at radius 3 is 3.00 bits per heavy atom. The highest BCUT2D eigenvalue weighted by Gasteiger charge is 2.03. The molecule has 0 saturated heterocycles. The molecule has 0 atom stereocenters. The molecule has 0 unspecified atom stereocenters. The molecule has 2 rings (SSSR count). The number of aromatic amines is 1. The van der Waals surface area contributed by atoms with Crippen LogP contribution < -0.4 is 11.3 Å². The molecule has 2 aromatic rings. The van der Waals surface area contributed by atoms with Gasteiger partial charge in [0.1, 0.15) is 5.82 Å². The summed E-state index contributed by atoms with van der Waals surface area (Å²) in [4.78, 5) is 18.5. The Hall–Kier alpha value is -1.68. The van der Waals surface area contributed by atoms with Crippen LogP contribution in [0.5, 0.6) is 0 Å². The molecule has 14 heavy (non-hydrogen) atoms. The Bertz CT molecular complexity index is 530. The van der Waals surface area contributed by atoms with Crippen molar-refractivity contribution in [2.45, 2.75) is 13.5 Å². The van der Waals surface area contributed by atoms with E-state index < -0.39 is 0 Å². The van der Waals surface area contributed by atoms with E-state index in [0.717, 1.165) is 11.1 Å². The highest BCUT2D eigenvalue weighted by molar-refractivity contribution is 5.80. The average molecular weight is 189 g/mol. The van der Waals surface area contributed by atoms with Gasteiger partial charge in [-0.2, -0.15) is 0 Å². The van der Waals surface area contributed by atoms with Gasteiger partial charge in [0, 0.05) is 0 Å². The topological polar surface area (TPSA) is 71.8 Å². The summed E-state index contributed by atoms with van der Waals surface area (Å²) in [5.41, 5.74) is 7.02. The van der Waals surface area contributed by atoms with Crippen molar-refractivity contribution in [1.29, 1.82) is 0 Å². The second-order valence-corrected chi connectivity index (χ2v) is 3.19. The second kappa shape index (κ2) is 3.23. The lowest BCUT2D eigenvalue weighted by molar-refractivity contribution is 0.911. The van der Waals surface area contributed by atoms with E-state index in [-0.39, 0.29) is 12.1 Å². The van der Waals surface area contributed by atoms with E-state index in [1.165, 1.54) is 0 Å². The molecule has 72 valence electrons. The Balaban J connectivity index is 2.91. The fourth-order valence-electron chi connectivity index (χ4n) is 1.45. The maximum absolute atomic E-state index is 11.6. The van der Waals surface area contributed by atoms with Gasteiger partial charge in [-0.15, -0.1) is 0 Å². The predicted octanol–water partition coefficient (Wildman–Crippen LogP) is 0.690. The monoisotopic (exact) mass is 189 g/mol. The van der Waals surface area contributed by atoms with Gasteiger partial charge in [0.05, 0.1) is 17.4 Å². The van der Waals surface area contributed by atoms with Gasteiger partial charge in [0.25, 0.3) is 5.56 Å². The number of benzene rings is 1. The van der Waals surface area contributed by atoms with Crippen LogP contribution in [-0.2, 0) is 6.54 Å². The quantitative estimate of drug-likeness (QED) is 0.693. The molecule has 0 aliphatic carbocycles. The van der Waals surface area contributed by atoms with Crippen LogP contribution in [-0.4, -0.2) is 9.97 Å². The molecule has 4 heteroatoms. The third kappa shape index (κ3) is 1.29. The molecule has 1 heterocycles. The molecular formula is C10H11N3O. The third-order valence-electron chi connectivity index (χ3n) is 2.18. The Kier molecular flexibility index (Phi) is 2.05. The van der Waals surface area contributed by atoms with E-state index in [1.54, 1.807) is 6.07 Å². The van der Waals surface area contributed by atoms with Gasteiger partial charge in [-0.1, -0.05) is 12.1 Å². The summed E-state index contributed by atoms with van der Waals surface area (Å²) in [5, 5.41) is 0.613. The first kappa shape index (κ1) is 8.90. The first-order valence-electron chi connectivity index (χ1n) is 4.41. The zero-order chi connectivity index (χ0) is 10.1.